The van der Waals surface area contributed by atoms with Gasteiger partial charge in [-0.15, -0.1) is 35.7 Å². The van der Waals surface area contributed by atoms with Gasteiger partial charge >= 0.3 is 0 Å². The molecule has 0 radical (unpaired) electrons. The van der Waals surface area contributed by atoms with Crippen molar-refractivity contribution >= 4 is 41.9 Å². The Morgan fingerprint density at radius 1 is 1.17 bits per heavy atom. The number of allylic oxidation sites excluding steroid dienone is 8. The van der Waals surface area contributed by atoms with Crippen LogP contribution in [-0.4, -0.2) is 18.0 Å². The van der Waals surface area contributed by atoms with E-state index in [0.717, 1.165) is 52.5 Å². The monoisotopic (exact) mass is 620 g/mol. The number of aryl methyl sites for hydroxylation is 1. The van der Waals surface area contributed by atoms with Gasteiger partial charge < -0.3 is 11.1 Å². The highest BCUT2D eigenvalue weighted by Crippen LogP contribution is 2.63. The topological polar surface area (TPSA) is 49.9 Å². The van der Waals surface area contributed by atoms with Gasteiger partial charge in [-0.25, -0.2) is 0 Å². The van der Waals surface area contributed by atoms with E-state index in [-0.39, 0.29) is 0 Å². The summed E-state index contributed by atoms with van der Waals surface area (Å²) >= 11 is 8.17. The van der Waals surface area contributed by atoms with Gasteiger partial charge in [-0.1, -0.05) is 73.9 Å². The minimum atomic E-state index is 0.332. The highest BCUT2D eigenvalue weighted by molar-refractivity contribution is 8.02. The Balaban J connectivity index is 0.000000209. The third-order valence-electron chi connectivity index (χ3n) is 10.8. The van der Waals surface area contributed by atoms with E-state index in [4.69, 9.17) is 11.1 Å². The van der Waals surface area contributed by atoms with E-state index in [0.29, 0.717) is 5.41 Å². The molecule has 5 aliphatic carbocycles. The Bertz CT molecular complexity index is 1300. The van der Waals surface area contributed by atoms with Crippen LogP contribution < -0.4 is 5.73 Å². The van der Waals surface area contributed by atoms with Crippen LogP contribution in [0.2, 0.25) is 0 Å². The zero-order chi connectivity index (χ0) is 30.0. The molecule has 6 atom stereocenters. The summed E-state index contributed by atoms with van der Waals surface area (Å²) in [6.45, 7) is 16.1. The number of thioether (sulfide) groups is 1. The molecule has 0 amide bonds. The zero-order valence-electron chi connectivity index (χ0n) is 26.1. The second-order valence-corrected chi connectivity index (χ2v) is 17.1. The average molecular weight is 621 g/mol. The van der Waals surface area contributed by atoms with Crippen LogP contribution in [0.1, 0.15) is 97.0 Å². The minimum absolute atomic E-state index is 0.332. The van der Waals surface area contributed by atoms with Gasteiger partial charge in [0, 0.05) is 10.7 Å². The molecule has 0 bridgehead atoms. The molecule has 3 N–H and O–H groups in total. The molecule has 2 heterocycles. The average Bonchev–Trinajstić information content (AvgIpc) is 3.49. The Morgan fingerprint density at radius 2 is 1.95 bits per heavy atom. The zero-order valence-corrected chi connectivity index (χ0v) is 28.7. The van der Waals surface area contributed by atoms with E-state index >= 15 is 0 Å². The Morgan fingerprint density at radius 3 is 2.71 bits per heavy atom. The van der Waals surface area contributed by atoms with Crippen molar-refractivity contribution in [2.45, 2.75) is 111 Å². The predicted molar refractivity (Wildman–Crippen MR) is 188 cm³/mol. The van der Waals surface area contributed by atoms with Crippen molar-refractivity contribution in [1.29, 1.82) is 5.41 Å². The number of nitrogens with one attached hydrogen (secondary N) is 1. The fraction of sp³-hybridized carbons (Fsp3) is 0.595. The van der Waals surface area contributed by atoms with Crippen LogP contribution in [0.4, 0.5) is 0 Å². The molecule has 6 unspecified atom stereocenters. The largest absolute Gasteiger partial charge is 0.331 e. The molecule has 2 saturated carbocycles. The van der Waals surface area contributed by atoms with Gasteiger partial charge in [0.1, 0.15) is 0 Å². The number of fused-ring (bicyclic) bond motifs is 6. The lowest BCUT2D eigenvalue weighted by molar-refractivity contribution is 0.183. The van der Waals surface area contributed by atoms with Gasteiger partial charge in [0.05, 0.1) is 8.42 Å². The summed E-state index contributed by atoms with van der Waals surface area (Å²) in [6.07, 6.45) is 21.5. The minimum Gasteiger partial charge on any atom is -0.331 e. The summed E-state index contributed by atoms with van der Waals surface area (Å²) in [4.78, 5) is 0. The molecule has 0 aromatic carbocycles. The van der Waals surface area contributed by atoms with Gasteiger partial charge in [0.15, 0.2) is 0 Å². The van der Waals surface area contributed by atoms with E-state index in [1.54, 1.807) is 22.3 Å². The molecule has 0 saturated heterocycles. The first-order chi connectivity index (χ1) is 20.2. The van der Waals surface area contributed by atoms with Crippen molar-refractivity contribution in [3.63, 3.8) is 0 Å². The summed E-state index contributed by atoms with van der Waals surface area (Å²) in [7, 11) is 0. The predicted octanol–water partition coefficient (Wildman–Crippen LogP) is 10.8. The van der Waals surface area contributed by atoms with E-state index in [1.165, 1.54) is 91.3 Å². The third kappa shape index (κ3) is 6.70. The highest BCUT2D eigenvalue weighted by atomic mass is 32.2. The van der Waals surface area contributed by atoms with E-state index in [1.807, 2.05) is 30.0 Å². The molecule has 1 aromatic rings. The fourth-order valence-electron chi connectivity index (χ4n) is 8.58. The maximum absolute atomic E-state index is 7.28. The van der Waals surface area contributed by atoms with Crippen LogP contribution in [0.15, 0.2) is 73.2 Å². The van der Waals surface area contributed by atoms with Crippen LogP contribution in [-0.2, 0) is 6.42 Å². The van der Waals surface area contributed by atoms with Crippen LogP contribution in [0.5, 0.6) is 0 Å². The van der Waals surface area contributed by atoms with Crippen LogP contribution in [0.3, 0.4) is 0 Å². The summed E-state index contributed by atoms with van der Waals surface area (Å²) in [5, 5.41) is 8.08. The highest BCUT2D eigenvalue weighted by Gasteiger charge is 2.52. The first-order valence-corrected chi connectivity index (χ1v) is 18.5. The molecule has 2 fully saturated rings. The summed E-state index contributed by atoms with van der Waals surface area (Å²) in [5.41, 5.74) is 16.2. The van der Waals surface area contributed by atoms with Crippen molar-refractivity contribution in [3.05, 3.63) is 70.4 Å². The van der Waals surface area contributed by atoms with Crippen LogP contribution in [0, 0.1) is 34.5 Å². The Hall–Kier alpha value is -1.27. The maximum atomic E-state index is 7.28. The Kier molecular flexibility index (Phi) is 10.6. The summed E-state index contributed by atoms with van der Waals surface area (Å²) < 4.78 is 2.66. The lowest BCUT2D eigenvalue weighted by Crippen LogP contribution is -2.40. The van der Waals surface area contributed by atoms with E-state index in [2.05, 4.69) is 57.9 Å². The van der Waals surface area contributed by atoms with Gasteiger partial charge in [0.2, 0.25) is 0 Å². The first kappa shape index (κ1) is 32.1. The molecule has 1 aromatic heterocycles. The smallest absolute Gasteiger partial charge is 0.0645 e. The number of thiol groups is 1. The molecule has 1 aliphatic heterocycles. The molecule has 2 nitrogen and oxygen atoms in total. The number of hydrogen-bond acceptors (Lipinski definition) is 5. The number of rotatable bonds is 5. The first-order valence-electron chi connectivity index (χ1n) is 16.4. The number of hydrogen-bond donors (Lipinski definition) is 3. The van der Waals surface area contributed by atoms with Crippen molar-refractivity contribution in [1.82, 2.24) is 0 Å². The van der Waals surface area contributed by atoms with Crippen molar-refractivity contribution in [3.8, 4) is 0 Å². The third-order valence-corrected chi connectivity index (χ3v) is 13.6. The molecule has 6 aliphatic rings. The van der Waals surface area contributed by atoms with Gasteiger partial charge in [0.25, 0.3) is 0 Å². The summed E-state index contributed by atoms with van der Waals surface area (Å²) in [6, 6.07) is 2.21. The number of thiophene rings is 1. The fourth-order valence-corrected chi connectivity index (χ4v) is 11.7. The molecule has 42 heavy (non-hydrogen) atoms. The number of nitrogens with two attached hydrogens (primary N) is 1. The molecule has 0 spiro atoms. The normalized spacial score (nSPS) is 32.4. The molecular weight excluding hydrogens is 569 g/mol. The molecule has 7 rings (SSSR count). The quantitative estimate of drug-likeness (QED) is 0.174. The standard InChI is InChI=1S/C27H35N.C8H10S3.C2H7N/c1-17-12-13-27(3)19(15-17)6-7-23-21-8-9-22(20(21)10-11-26(23)27)25-16-24(25)18(2)5-4-14-28;1-5-2-3-6-4-7(9)11-8(6)10-5;1-2-3/h11,14-15,20-23,28H,1-2,4-10,12-13,16H2,3H3;4-5,9H,2-3H2,1H3;2-3H2,1H3. The van der Waals surface area contributed by atoms with Crippen molar-refractivity contribution < 1.29 is 0 Å². The van der Waals surface area contributed by atoms with Crippen LogP contribution >= 0.6 is 35.7 Å². The SMILES string of the molecule is C=C1C=C2CCC3C(=CCC4C(C5=C(C(=C)CCC=N)C5)CCC34)C2(C)CC1.CC1CCc2cc(S)sc2S1.CCN. The van der Waals surface area contributed by atoms with E-state index < -0.39 is 0 Å². The molecule has 5 heteroatoms. The van der Waals surface area contributed by atoms with Gasteiger partial charge in [-0.2, -0.15) is 0 Å². The van der Waals surface area contributed by atoms with Crippen LogP contribution in [0.25, 0.3) is 0 Å². The second kappa shape index (κ2) is 13.8. The lowest BCUT2D eigenvalue weighted by Gasteiger charge is -2.51. The van der Waals surface area contributed by atoms with Crippen molar-refractivity contribution in [2.75, 3.05) is 6.54 Å². The summed E-state index contributed by atoms with van der Waals surface area (Å²) in [5.74, 6) is 3.45. The molecular formula is C37H52N2S3. The maximum Gasteiger partial charge on any atom is 0.0645 e. The molecule has 228 valence electrons. The second-order valence-electron chi connectivity index (χ2n) is 13.5. The van der Waals surface area contributed by atoms with E-state index in [9.17, 15) is 0 Å². The van der Waals surface area contributed by atoms with Gasteiger partial charge in [-0.3, -0.25) is 0 Å². The lowest BCUT2D eigenvalue weighted by atomic mass is 9.54. The van der Waals surface area contributed by atoms with Crippen molar-refractivity contribution in [2.24, 2.45) is 34.8 Å². The Labute approximate surface area is 269 Å². The van der Waals surface area contributed by atoms with Gasteiger partial charge in [-0.05, 0) is 131 Å².